The summed E-state index contributed by atoms with van der Waals surface area (Å²) in [5.74, 6) is -0.965. The van der Waals surface area contributed by atoms with Crippen molar-refractivity contribution in [3.05, 3.63) is 51.9 Å². The van der Waals surface area contributed by atoms with Crippen molar-refractivity contribution in [2.75, 3.05) is 5.32 Å². The van der Waals surface area contributed by atoms with Gasteiger partial charge < -0.3 is 10.1 Å². The van der Waals surface area contributed by atoms with Crippen molar-refractivity contribution in [2.24, 2.45) is 0 Å². The molecule has 0 fully saturated rings. The monoisotopic (exact) mass is 354 g/mol. The van der Waals surface area contributed by atoms with Crippen molar-refractivity contribution >= 4 is 28.2 Å². The number of nitrogens with zero attached hydrogens (tertiary/aromatic N) is 1. The van der Waals surface area contributed by atoms with Crippen LogP contribution in [0.25, 0.3) is 0 Å². The Morgan fingerprint density at radius 1 is 1.24 bits per heavy atom. The highest BCUT2D eigenvalue weighted by Gasteiger charge is 2.21. The molecular weight excluding hydrogens is 336 g/mol. The number of anilines is 1. The maximum absolute atomic E-state index is 12.3. The van der Waals surface area contributed by atoms with Gasteiger partial charge in [0.25, 0.3) is 5.91 Å². The first kappa shape index (κ1) is 17.2. The number of hydrogen-bond acceptors (Lipinski definition) is 5. The lowest BCUT2D eigenvalue weighted by molar-refractivity contribution is -0.123. The number of amides is 1. The van der Waals surface area contributed by atoms with Crippen LogP contribution in [-0.2, 0) is 22.4 Å². The highest BCUT2D eigenvalue weighted by atomic mass is 32.1. The first-order valence-electron chi connectivity index (χ1n) is 8.19. The molecule has 1 N–H and O–H groups in total. The fourth-order valence-electron chi connectivity index (χ4n) is 2.85. The van der Waals surface area contributed by atoms with E-state index in [2.05, 4.69) is 5.32 Å². The number of aryl methyl sites for hydroxylation is 2. The number of nitrogens with one attached hydrogen (secondary N) is 1. The van der Waals surface area contributed by atoms with Gasteiger partial charge in [-0.15, -0.1) is 11.3 Å². The predicted molar refractivity (Wildman–Crippen MR) is 95.6 cm³/mol. The van der Waals surface area contributed by atoms with Crippen molar-refractivity contribution < 1.29 is 14.3 Å². The van der Waals surface area contributed by atoms with Crippen LogP contribution < -0.4 is 5.32 Å². The third kappa shape index (κ3) is 3.89. The molecule has 1 aliphatic rings. The minimum Gasteiger partial charge on any atom is -0.449 e. The molecule has 0 radical (unpaired) electrons. The molecule has 1 aromatic heterocycles. The average Bonchev–Trinajstić information content (AvgIpc) is 3.08. The van der Waals surface area contributed by atoms with E-state index in [4.69, 9.17) is 10.00 Å². The Morgan fingerprint density at radius 3 is 2.76 bits per heavy atom. The van der Waals surface area contributed by atoms with Gasteiger partial charge in [0.05, 0.1) is 11.1 Å². The standard InChI is InChI=1S/C19H18N2O3S/c1-12(17(22)21-18-16(11-20)8-9-25-18)24-19(23)15-7-6-13-4-2-3-5-14(13)10-15/h6-10,12H,2-5H2,1H3,(H,21,22)/t12-/m1/s1. The maximum Gasteiger partial charge on any atom is 0.338 e. The molecule has 0 saturated carbocycles. The molecule has 1 heterocycles. The largest absolute Gasteiger partial charge is 0.449 e. The van der Waals surface area contributed by atoms with E-state index in [1.807, 2.05) is 18.2 Å². The number of nitriles is 1. The van der Waals surface area contributed by atoms with E-state index in [1.165, 1.54) is 35.8 Å². The molecule has 6 heteroatoms. The minimum atomic E-state index is -0.947. The van der Waals surface area contributed by atoms with Crippen LogP contribution in [-0.4, -0.2) is 18.0 Å². The third-order valence-electron chi connectivity index (χ3n) is 4.26. The normalized spacial score (nSPS) is 14.1. The molecule has 0 bridgehead atoms. The van der Waals surface area contributed by atoms with Crippen LogP contribution in [0.15, 0.2) is 29.6 Å². The van der Waals surface area contributed by atoms with E-state index in [0.29, 0.717) is 16.1 Å². The summed E-state index contributed by atoms with van der Waals surface area (Å²) in [5, 5.41) is 13.8. The highest BCUT2D eigenvalue weighted by molar-refractivity contribution is 7.14. The van der Waals surface area contributed by atoms with Gasteiger partial charge in [0, 0.05) is 0 Å². The fourth-order valence-corrected chi connectivity index (χ4v) is 3.59. The number of carbonyl (C=O) groups is 2. The molecule has 128 valence electrons. The first-order valence-corrected chi connectivity index (χ1v) is 9.07. The summed E-state index contributed by atoms with van der Waals surface area (Å²) in [6, 6.07) is 9.23. The lowest BCUT2D eigenvalue weighted by atomic mass is 9.90. The second-order valence-electron chi connectivity index (χ2n) is 6.00. The van der Waals surface area contributed by atoms with Gasteiger partial charge in [0.2, 0.25) is 0 Å². The third-order valence-corrected chi connectivity index (χ3v) is 5.09. The molecule has 2 aromatic rings. The van der Waals surface area contributed by atoms with Gasteiger partial charge in [-0.2, -0.15) is 5.26 Å². The molecule has 1 aromatic carbocycles. The molecule has 3 rings (SSSR count). The molecular formula is C19H18N2O3S. The number of fused-ring (bicyclic) bond motifs is 1. The minimum absolute atomic E-state index is 0.395. The summed E-state index contributed by atoms with van der Waals surface area (Å²) in [5.41, 5.74) is 3.34. The number of hydrogen-bond donors (Lipinski definition) is 1. The number of esters is 1. The van der Waals surface area contributed by atoms with E-state index >= 15 is 0 Å². The fraction of sp³-hybridized carbons (Fsp3) is 0.316. The SMILES string of the molecule is C[C@@H](OC(=O)c1ccc2c(c1)CCCC2)C(=O)Nc1sccc1C#N. The lowest BCUT2D eigenvalue weighted by Gasteiger charge is -2.17. The Labute approximate surface area is 150 Å². The lowest BCUT2D eigenvalue weighted by Crippen LogP contribution is -2.30. The predicted octanol–water partition coefficient (Wildman–Crippen LogP) is 3.68. The van der Waals surface area contributed by atoms with Gasteiger partial charge in [-0.05, 0) is 67.3 Å². The van der Waals surface area contributed by atoms with Gasteiger partial charge in [0.1, 0.15) is 11.1 Å². The molecule has 5 nitrogen and oxygen atoms in total. The molecule has 0 aliphatic heterocycles. The second kappa shape index (κ2) is 7.49. The summed E-state index contributed by atoms with van der Waals surface area (Å²) in [7, 11) is 0. The van der Waals surface area contributed by atoms with Crippen molar-refractivity contribution in [3.8, 4) is 6.07 Å². The highest BCUT2D eigenvalue weighted by Crippen LogP contribution is 2.24. The van der Waals surface area contributed by atoms with Gasteiger partial charge in [-0.3, -0.25) is 4.79 Å². The van der Waals surface area contributed by atoms with E-state index in [1.54, 1.807) is 17.5 Å². The van der Waals surface area contributed by atoms with Crippen LogP contribution in [0.1, 0.15) is 46.8 Å². The second-order valence-corrected chi connectivity index (χ2v) is 6.92. The number of rotatable bonds is 4. The molecule has 0 spiro atoms. The molecule has 1 amide bonds. The van der Waals surface area contributed by atoms with E-state index in [-0.39, 0.29) is 0 Å². The number of benzene rings is 1. The van der Waals surface area contributed by atoms with Crippen molar-refractivity contribution in [2.45, 2.75) is 38.7 Å². The van der Waals surface area contributed by atoms with E-state index in [0.717, 1.165) is 19.3 Å². The van der Waals surface area contributed by atoms with Gasteiger partial charge >= 0.3 is 5.97 Å². The summed E-state index contributed by atoms with van der Waals surface area (Å²) < 4.78 is 5.28. The smallest absolute Gasteiger partial charge is 0.338 e. The van der Waals surface area contributed by atoms with Crippen molar-refractivity contribution in [1.29, 1.82) is 5.26 Å². The molecule has 25 heavy (non-hydrogen) atoms. The average molecular weight is 354 g/mol. The zero-order chi connectivity index (χ0) is 17.8. The van der Waals surface area contributed by atoms with E-state index < -0.39 is 18.0 Å². The summed E-state index contributed by atoms with van der Waals surface area (Å²) in [4.78, 5) is 24.5. The Bertz CT molecular complexity index is 851. The maximum atomic E-state index is 12.3. The molecule has 0 saturated heterocycles. The Morgan fingerprint density at radius 2 is 2.00 bits per heavy atom. The van der Waals surface area contributed by atoms with Gasteiger partial charge in [-0.1, -0.05) is 6.07 Å². The van der Waals surface area contributed by atoms with Crippen molar-refractivity contribution in [1.82, 2.24) is 0 Å². The first-order chi connectivity index (χ1) is 12.1. The van der Waals surface area contributed by atoms with Gasteiger partial charge in [-0.25, -0.2) is 4.79 Å². The molecule has 1 atom stereocenters. The van der Waals surface area contributed by atoms with Crippen LogP contribution in [0, 0.1) is 11.3 Å². The summed E-state index contributed by atoms with van der Waals surface area (Å²) in [6.07, 6.45) is 3.39. The zero-order valence-electron chi connectivity index (χ0n) is 13.9. The Kier molecular flexibility index (Phi) is 5.15. The number of thiophene rings is 1. The van der Waals surface area contributed by atoms with Crippen molar-refractivity contribution in [3.63, 3.8) is 0 Å². The Hall–Kier alpha value is -2.65. The summed E-state index contributed by atoms with van der Waals surface area (Å²) >= 11 is 1.26. The van der Waals surface area contributed by atoms with Gasteiger partial charge in [0.15, 0.2) is 6.10 Å². The molecule has 1 aliphatic carbocycles. The van der Waals surface area contributed by atoms with E-state index in [9.17, 15) is 9.59 Å². The number of ether oxygens (including phenoxy) is 1. The van der Waals surface area contributed by atoms with Crippen LogP contribution in [0.5, 0.6) is 0 Å². The quantitative estimate of drug-likeness (QED) is 0.850. The Balaban J connectivity index is 1.64. The molecule has 0 unspecified atom stereocenters. The zero-order valence-corrected chi connectivity index (χ0v) is 14.7. The topological polar surface area (TPSA) is 79.2 Å². The number of carbonyl (C=O) groups excluding carboxylic acids is 2. The van der Waals surface area contributed by atoms with Crippen LogP contribution in [0.3, 0.4) is 0 Å². The van der Waals surface area contributed by atoms with Crippen LogP contribution >= 0.6 is 11.3 Å². The van der Waals surface area contributed by atoms with Crippen LogP contribution in [0.4, 0.5) is 5.00 Å². The summed E-state index contributed by atoms with van der Waals surface area (Å²) in [6.45, 7) is 1.52. The van der Waals surface area contributed by atoms with Crippen LogP contribution in [0.2, 0.25) is 0 Å².